The van der Waals surface area contributed by atoms with Gasteiger partial charge in [-0.1, -0.05) is 12.8 Å². The van der Waals surface area contributed by atoms with Crippen LogP contribution in [0.3, 0.4) is 0 Å². The highest BCUT2D eigenvalue weighted by Gasteiger charge is 2.60. The molecule has 0 aromatic carbocycles. The molecular weight excluding hydrogens is 268 g/mol. The molecule has 0 spiro atoms. The van der Waals surface area contributed by atoms with Crippen molar-refractivity contribution in [1.29, 1.82) is 0 Å². The van der Waals surface area contributed by atoms with Crippen LogP contribution < -0.4 is 0 Å². The van der Waals surface area contributed by atoms with E-state index in [1.54, 1.807) is 0 Å². The van der Waals surface area contributed by atoms with Gasteiger partial charge in [-0.25, -0.2) is 8.42 Å². The van der Waals surface area contributed by atoms with E-state index in [0.29, 0.717) is 12.8 Å². The average Bonchev–Trinajstić information content (AvgIpc) is 2.15. The topological polar surface area (TPSA) is 77.4 Å². The number of rotatable bonds is 8. The van der Waals surface area contributed by atoms with Crippen LogP contribution in [0.5, 0.6) is 0 Å². The lowest BCUT2D eigenvalue weighted by Gasteiger charge is -2.28. The number of alkyl halides is 4. The van der Waals surface area contributed by atoms with Gasteiger partial charge in [-0.3, -0.25) is 0 Å². The number of halogens is 4. The zero-order chi connectivity index (χ0) is 13.7. The minimum absolute atomic E-state index is 0.137. The van der Waals surface area contributed by atoms with Gasteiger partial charge < -0.3 is 9.66 Å². The third-order valence-corrected chi connectivity index (χ3v) is 3.07. The standard InChI is InChI=1S/C8H14F4O4S/c9-7(10,5-3-1-2-4-6-13)8(11,12)17(14,15)16/h13H,1-6H2,(H,14,15,16)/p-1. The van der Waals surface area contributed by atoms with Crippen molar-refractivity contribution >= 4 is 10.1 Å². The van der Waals surface area contributed by atoms with Crippen molar-refractivity contribution in [2.45, 2.75) is 43.3 Å². The Morgan fingerprint density at radius 3 is 1.88 bits per heavy atom. The molecule has 0 amide bonds. The Morgan fingerprint density at radius 1 is 1.00 bits per heavy atom. The van der Waals surface area contributed by atoms with Crippen molar-refractivity contribution in [1.82, 2.24) is 0 Å². The van der Waals surface area contributed by atoms with Crippen molar-refractivity contribution < 1.29 is 35.6 Å². The van der Waals surface area contributed by atoms with Crippen LogP contribution in [0.25, 0.3) is 0 Å². The first kappa shape index (κ1) is 16.6. The van der Waals surface area contributed by atoms with E-state index in [1.165, 1.54) is 0 Å². The predicted molar refractivity (Wildman–Crippen MR) is 49.8 cm³/mol. The Bertz CT molecular complexity index is 328. The van der Waals surface area contributed by atoms with Crippen molar-refractivity contribution in [2.75, 3.05) is 6.61 Å². The molecule has 0 saturated heterocycles. The van der Waals surface area contributed by atoms with Gasteiger partial charge in [0.25, 0.3) is 0 Å². The molecule has 0 rings (SSSR count). The van der Waals surface area contributed by atoms with Crippen LogP contribution in [0.4, 0.5) is 17.6 Å². The summed E-state index contributed by atoms with van der Waals surface area (Å²) in [6, 6.07) is 0. The van der Waals surface area contributed by atoms with Crippen LogP contribution in [0.2, 0.25) is 0 Å². The summed E-state index contributed by atoms with van der Waals surface area (Å²) in [6.07, 6.45) is -0.875. The number of hydrogen-bond acceptors (Lipinski definition) is 4. The van der Waals surface area contributed by atoms with Crippen LogP contribution in [0.15, 0.2) is 0 Å². The van der Waals surface area contributed by atoms with Gasteiger partial charge in [0.15, 0.2) is 10.1 Å². The summed E-state index contributed by atoms with van der Waals surface area (Å²) in [7, 11) is -6.38. The van der Waals surface area contributed by atoms with Gasteiger partial charge in [0.05, 0.1) is 0 Å². The molecule has 4 nitrogen and oxygen atoms in total. The van der Waals surface area contributed by atoms with Crippen molar-refractivity contribution in [3.05, 3.63) is 0 Å². The number of aliphatic hydroxyl groups excluding tert-OH is 1. The highest BCUT2D eigenvalue weighted by atomic mass is 32.2. The summed E-state index contributed by atoms with van der Waals surface area (Å²) in [5.41, 5.74) is 0. The lowest BCUT2D eigenvalue weighted by molar-refractivity contribution is -0.165. The first-order valence-corrected chi connectivity index (χ1v) is 6.29. The molecule has 0 aromatic heterocycles. The molecule has 0 aliphatic rings. The molecule has 0 radical (unpaired) electrons. The molecule has 17 heavy (non-hydrogen) atoms. The van der Waals surface area contributed by atoms with Crippen LogP contribution in [0.1, 0.15) is 32.1 Å². The second-order valence-corrected chi connectivity index (χ2v) is 4.98. The maximum atomic E-state index is 12.8. The second-order valence-electron chi connectivity index (χ2n) is 3.56. The molecule has 0 saturated carbocycles. The summed E-state index contributed by atoms with van der Waals surface area (Å²) in [4.78, 5) is 0. The minimum atomic E-state index is -6.38. The summed E-state index contributed by atoms with van der Waals surface area (Å²) >= 11 is 0. The van der Waals surface area contributed by atoms with E-state index in [2.05, 4.69) is 0 Å². The van der Waals surface area contributed by atoms with E-state index in [9.17, 15) is 30.5 Å². The zero-order valence-electron chi connectivity index (χ0n) is 8.83. The smallest absolute Gasteiger partial charge is 0.396 e. The fraction of sp³-hybridized carbons (Fsp3) is 1.00. The van der Waals surface area contributed by atoms with Crippen molar-refractivity contribution in [3.8, 4) is 0 Å². The van der Waals surface area contributed by atoms with Crippen molar-refractivity contribution in [3.63, 3.8) is 0 Å². The summed E-state index contributed by atoms with van der Waals surface area (Å²) < 4.78 is 80.9. The van der Waals surface area contributed by atoms with E-state index in [4.69, 9.17) is 5.11 Å². The fourth-order valence-corrected chi connectivity index (χ4v) is 1.61. The number of unbranched alkanes of at least 4 members (excludes halogenated alkanes) is 3. The SMILES string of the molecule is O=S(=O)([O-])C(F)(F)C(F)(F)CCCCCCO. The van der Waals surface area contributed by atoms with Gasteiger partial charge in [-0.2, -0.15) is 17.6 Å². The maximum Gasteiger partial charge on any atom is 0.396 e. The number of hydrogen-bond donors (Lipinski definition) is 1. The third kappa shape index (κ3) is 4.40. The molecule has 0 fully saturated rings. The molecule has 0 heterocycles. The van der Waals surface area contributed by atoms with Crippen LogP contribution in [-0.4, -0.2) is 35.9 Å². The molecule has 104 valence electrons. The highest BCUT2D eigenvalue weighted by Crippen LogP contribution is 2.41. The Kier molecular flexibility index (Phi) is 5.82. The molecule has 0 atom stereocenters. The molecule has 9 heteroatoms. The maximum absolute atomic E-state index is 12.8. The first-order valence-electron chi connectivity index (χ1n) is 4.88. The van der Waals surface area contributed by atoms with Gasteiger partial charge >= 0.3 is 11.2 Å². The first-order chi connectivity index (χ1) is 7.56. The Labute approximate surface area is 96.4 Å². The van der Waals surface area contributed by atoms with Gasteiger partial charge in [-0.15, -0.1) is 0 Å². The third-order valence-electron chi connectivity index (χ3n) is 2.14. The summed E-state index contributed by atoms with van der Waals surface area (Å²) in [5.74, 6) is -4.87. The van der Waals surface area contributed by atoms with Gasteiger partial charge in [0.2, 0.25) is 0 Å². The van der Waals surface area contributed by atoms with Gasteiger partial charge in [0, 0.05) is 13.0 Å². The largest absolute Gasteiger partial charge is 0.743 e. The summed E-state index contributed by atoms with van der Waals surface area (Å²) in [6.45, 7) is -0.137. The molecule has 0 aliphatic heterocycles. The molecule has 0 aromatic rings. The lowest BCUT2D eigenvalue weighted by atomic mass is 10.1. The average molecular weight is 281 g/mol. The van der Waals surface area contributed by atoms with E-state index < -0.39 is 27.7 Å². The second kappa shape index (κ2) is 5.96. The van der Waals surface area contributed by atoms with E-state index in [0.717, 1.165) is 0 Å². The highest BCUT2D eigenvalue weighted by molar-refractivity contribution is 7.86. The zero-order valence-corrected chi connectivity index (χ0v) is 9.65. The van der Waals surface area contributed by atoms with Gasteiger partial charge in [0.1, 0.15) is 0 Å². The Morgan fingerprint density at radius 2 is 1.47 bits per heavy atom. The van der Waals surface area contributed by atoms with Crippen LogP contribution in [0, 0.1) is 0 Å². The van der Waals surface area contributed by atoms with Crippen LogP contribution in [-0.2, 0) is 10.1 Å². The van der Waals surface area contributed by atoms with Crippen LogP contribution >= 0.6 is 0 Å². The quantitative estimate of drug-likeness (QED) is 0.417. The van der Waals surface area contributed by atoms with E-state index in [-0.39, 0.29) is 19.4 Å². The predicted octanol–water partition coefficient (Wildman–Crippen LogP) is 1.70. The lowest BCUT2D eigenvalue weighted by Crippen LogP contribution is -2.46. The molecular formula is C8H13F4O4S-. The van der Waals surface area contributed by atoms with Gasteiger partial charge in [-0.05, 0) is 12.8 Å². The number of aliphatic hydroxyl groups is 1. The molecule has 1 N–H and O–H groups in total. The Balaban J connectivity index is 4.38. The van der Waals surface area contributed by atoms with E-state index >= 15 is 0 Å². The molecule has 0 aliphatic carbocycles. The minimum Gasteiger partial charge on any atom is -0.743 e. The molecule has 0 unspecified atom stereocenters. The normalized spacial score (nSPS) is 14.0. The van der Waals surface area contributed by atoms with Crippen molar-refractivity contribution in [2.24, 2.45) is 0 Å². The summed E-state index contributed by atoms with van der Waals surface area (Å²) in [5, 5.41) is 2.79. The Hall–Kier alpha value is -0.410. The van der Waals surface area contributed by atoms with E-state index in [1.807, 2.05) is 0 Å². The fourth-order valence-electron chi connectivity index (χ4n) is 1.14. The monoisotopic (exact) mass is 281 g/mol. The molecule has 0 bridgehead atoms.